The van der Waals surface area contributed by atoms with E-state index >= 15 is 0 Å². The molecule has 0 spiro atoms. The van der Waals surface area contributed by atoms with Crippen molar-refractivity contribution in [2.75, 3.05) is 32.8 Å². The molecule has 0 aromatic carbocycles. The lowest BCUT2D eigenvalue weighted by molar-refractivity contribution is -0.169. The van der Waals surface area contributed by atoms with Crippen LogP contribution in [0.25, 0.3) is 0 Å². The van der Waals surface area contributed by atoms with Crippen molar-refractivity contribution in [3.8, 4) is 0 Å². The summed E-state index contributed by atoms with van der Waals surface area (Å²) in [5, 5.41) is 2.94. The Balaban J connectivity index is 0.00000324. The maximum absolute atomic E-state index is 12.4. The molecule has 1 heterocycles. The molecule has 0 aromatic heterocycles. The Labute approximate surface area is 117 Å². The van der Waals surface area contributed by atoms with E-state index in [9.17, 15) is 18.0 Å². The predicted octanol–water partition coefficient (Wildman–Crippen LogP) is 1.59. The number of rotatable bonds is 5. The molecule has 1 aliphatic heterocycles. The number of carbonyl (C=O) groups excluding carboxylic acids is 1. The summed E-state index contributed by atoms with van der Waals surface area (Å²) < 4.78 is 42.4. The number of hydrogen-bond acceptors (Lipinski definition) is 3. The number of hydrogen-bond donors (Lipinski definition) is 1. The van der Waals surface area contributed by atoms with E-state index in [1.807, 2.05) is 6.92 Å². The van der Waals surface area contributed by atoms with Gasteiger partial charge in [0.1, 0.15) is 12.6 Å². The molecule has 0 saturated carbocycles. The molecule has 0 aromatic rings. The summed E-state index contributed by atoms with van der Waals surface area (Å²) >= 11 is 0. The molecule has 0 radical (unpaired) electrons. The first kappa shape index (κ1) is 18.5. The Bertz CT molecular complexity index is 271. The largest absolute Gasteiger partial charge is 0.406 e. The van der Waals surface area contributed by atoms with Gasteiger partial charge in [-0.3, -0.25) is 4.79 Å². The second kappa shape index (κ2) is 8.60. The fraction of sp³-hybridized carbons (Fsp3) is 0.909. The molecule has 1 saturated heterocycles. The molecule has 4 nitrogen and oxygen atoms in total. The summed E-state index contributed by atoms with van der Waals surface area (Å²) in [6.45, 7) is 2.04. The molecule has 1 fully saturated rings. The van der Waals surface area contributed by atoms with Crippen molar-refractivity contribution in [3.05, 3.63) is 0 Å². The smallest absolute Gasteiger partial charge is 0.366 e. The lowest BCUT2D eigenvalue weighted by atomic mass is 10.2. The average molecular weight is 305 g/mol. The van der Waals surface area contributed by atoms with Gasteiger partial charge >= 0.3 is 6.18 Å². The summed E-state index contributed by atoms with van der Waals surface area (Å²) in [6.07, 6.45) is -3.86. The van der Waals surface area contributed by atoms with Crippen LogP contribution in [0.5, 0.6) is 0 Å². The number of nitrogens with one attached hydrogen (secondary N) is 1. The zero-order valence-electron chi connectivity index (χ0n) is 10.8. The summed E-state index contributed by atoms with van der Waals surface area (Å²) in [5.41, 5.74) is 0. The maximum Gasteiger partial charge on any atom is 0.406 e. The zero-order chi connectivity index (χ0) is 13.6. The minimum atomic E-state index is -4.37. The molecule has 8 heteroatoms. The van der Waals surface area contributed by atoms with E-state index in [0.717, 1.165) is 11.3 Å². The molecule has 1 amide bonds. The van der Waals surface area contributed by atoms with E-state index in [1.165, 1.54) is 0 Å². The predicted molar refractivity (Wildman–Crippen MR) is 67.4 cm³/mol. The Kier molecular flexibility index (Phi) is 8.36. The highest BCUT2D eigenvalue weighted by molar-refractivity contribution is 5.85. The standard InChI is InChI=1S/C11H19F3N2O2.ClH/c1-2-3-5-16(8-11(12,13)14)10(17)9-7-15-4-6-18-9;/h9,15H,2-8H2,1H3;1H. The number of morpholine rings is 1. The lowest BCUT2D eigenvalue weighted by Crippen LogP contribution is -2.51. The monoisotopic (exact) mass is 304 g/mol. The van der Waals surface area contributed by atoms with Gasteiger partial charge in [0, 0.05) is 19.6 Å². The number of unbranched alkanes of at least 4 members (excludes halogenated alkanes) is 1. The molecular formula is C11H20ClF3N2O2. The second-order valence-electron chi connectivity index (χ2n) is 4.29. The molecule has 1 atom stereocenters. The molecular weight excluding hydrogens is 285 g/mol. The molecule has 19 heavy (non-hydrogen) atoms. The van der Waals surface area contributed by atoms with Crippen molar-refractivity contribution >= 4 is 18.3 Å². The van der Waals surface area contributed by atoms with Gasteiger partial charge in [0.2, 0.25) is 0 Å². The third-order valence-electron chi connectivity index (χ3n) is 2.67. The molecule has 1 unspecified atom stereocenters. The van der Waals surface area contributed by atoms with Crippen molar-refractivity contribution in [2.24, 2.45) is 0 Å². The lowest BCUT2D eigenvalue weighted by Gasteiger charge is -2.30. The van der Waals surface area contributed by atoms with Crippen LogP contribution in [-0.2, 0) is 9.53 Å². The van der Waals surface area contributed by atoms with E-state index < -0.39 is 24.7 Å². The molecule has 0 bridgehead atoms. The van der Waals surface area contributed by atoms with Crippen molar-refractivity contribution < 1.29 is 22.7 Å². The average Bonchev–Trinajstić information content (AvgIpc) is 2.33. The van der Waals surface area contributed by atoms with Crippen LogP contribution in [-0.4, -0.2) is 55.9 Å². The molecule has 1 rings (SSSR count). The van der Waals surface area contributed by atoms with Crippen molar-refractivity contribution in [2.45, 2.75) is 32.0 Å². The third kappa shape index (κ3) is 6.98. The van der Waals surface area contributed by atoms with Gasteiger partial charge in [-0.05, 0) is 6.42 Å². The van der Waals surface area contributed by atoms with Crippen LogP contribution in [0.15, 0.2) is 0 Å². The summed E-state index contributed by atoms with van der Waals surface area (Å²) in [7, 11) is 0. The van der Waals surface area contributed by atoms with Gasteiger partial charge in [-0.25, -0.2) is 0 Å². The van der Waals surface area contributed by atoms with Crippen LogP contribution in [0.4, 0.5) is 13.2 Å². The fourth-order valence-corrected chi connectivity index (χ4v) is 1.76. The van der Waals surface area contributed by atoms with Crippen molar-refractivity contribution in [1.29, 1.82) is 0 Å². The van der Waals surface area contributed by atoms with E-state index in [2.05, 4.69) is 5.32 Å². The van der Waals surface area contributed by atoms with Crippen LogP contribution in [0.2, 0.25) is 0 Å². The van der Waals surface area contributed by atoms with Crippen LogP contribution in [0.1, 0.15) is 19.8 Å². The first-order valence-corrected chi connectivity index (χ1v) is 6.12. The Morgan fingerprint density at radius 3 is 2.63 bits per heavy atom. The van der Waals surface area contributed by atoms with Crippen LogP contribution < -0.4 is 5.32 Å². The molecule has 1 aliphatic rings. The van der Waals surface area contributed by atoms with Gasteiger partial charge in [-0.15, -0.1) is 12.4 Å². The van der Waals surface area contributed by atoms with Crippen molar-refractivity contribution in [3.63, 3.8) is 0 Å². The number of nitrogens with zero attached hydrogens (tertiary/aromatic N) is 1. The highest BCUT2D eigenvalue weighted by atomic mass is 35.5. The number of carbonyl (C=O) groups is 1. The number of halogens is 4. The van der Waals surface area contributed by atoms with E-state index in [4.69, 9.17) is 4.74 Å². The Hall–Kier alpha value is -0.530. The van der Waals surface area contributed by atoms with Gasteiger partial charge < -0.3 is 15.0 Å². The minimum Gasteiger partial charge on any atom is -0.366 e. The SMILES string of the molecule is CCCCN(CC(F)(F)F)C(=O)C1CNCCO1.Cl. The zero-order valence-corrected chi connectivity index (χ0v) is 11.6. The van der Waals surface area contributed by atoms with Crippen molar-refractivity contribution in [1.82, 2.24) is 10.2 Å². The van der Waals surface area contributed by atoms with E-state index in [-0.39, 0.29) is 25.5 Å². The third-order valence-corrected chi connectivity index (χ3v) is 2.67. The normalized spacial score (nSPS) is 19.7. The van der Waals surface area contributed by atoms with Gasteiger partial charge in [-0.1, -0.05) is 13.3 Å². The summed E-state index contributed by atoms with van der Waals surface area (Å²) in [4.78, 5) is 12.8. The van der Waals surface area contributed by atoms with Crippen LogP contribution in [0, 0.1) is 0 Å². The maximum atomic E-state index is 12.4. The topological polar surface area (TPSA) is 41.6 Å². The minimum absolute atomic E-state index is 0. The molecule has 1 N–H and O–H groups in total. The van der Waals surface area contributed by atoms with Gasteiger partial charge in [0.15, 0.2) is 0 Å². The van der Waals surface area contributed by atoms with Crippen LogP contribution in [0.3, 0.4) is 0 Å². The molecule has 114 valence electrons. The van der Waals surface area contributed by atoms with E-state index in [0.29, 0.717) is 19.6 Å². The Morgan fingerprint density at radius 1 is 1.47 bits per heavy atom. The van der Waals surface area contributed by atoms with Gasteiger partial charge in [0.25, 0.3) is 5.91 Å². The first-order chi connectivity index (χ1) is 8.44. The first-order valence-electron chi connectivity index (χ1n) is 6.12. The summed E-state index contributed by atoms with van der Waals surface area (Å²) in [5.74, 6) is -0.576. The quantitative estimate of drug-likeness (QED) is 0.838. The van der Waals surface area contributed by atoms with E-state index in [1.54, 1.807) is 0 Å². The molecule has 0 aliphatic carbocycles. The highest BCUT2D eigenvalue weighted by Crippen LogP contribution is 2.18. The number of amides is 1. The van der Waals surface area contributed by atoms with Crippen LogP contribution >= 0.6 is 12.4 Å². The summed E-state index contributed by atoms with van der Waals surface area (Å²) in [6, 6.07) is 0. The number of alkyl halides is 3. The van der Waals surface area contributed by atoms with Gasteiger partial charge in [-0.2, -0.15) is 13.2 Å². The van der Waals surface area contributed by atoms with Gasteiger partial charge in [0.05, 0.1) is 6.61 Å². The Morgan fingerprint density at radius 2 is 2.16 bits per heavy atom. The highest BCUT2D eigenvalue weighted by Gasteiger charge is 2.35. The fourth-order valence-electron chi connectivity index (χ4n) is 1.76. The second-order valence-corrected chi connectivity index (χ2v) is 4.29. The number of ether oxygens (including phenoxy) is 1.